The first-order valence-electron chi connectivity index (χ1n) is 10.4. The lowest BCUT2D eigenvalue weighted by Crippen LogP contribution is -2.42. The summed E-state index contributed by atoms with van der Waals surface area (Å²) in [5.74, 6) is 0.376. The molecule has 0 saturated carbocycles. The molecule has 3 aromatic heterocycles. The Morgan fingerprint density at radius 3 is 2.73 bits per heavy atom. The van der Waals surface area contributed by atoms with Crippen molar-refractivity contribution in [3.8, 4) is 11.5 Å². The van der Waals surface area contributed by atoms with Crippen LogP contribution in [-0.4, -0.2) is 73.8 Å². The number of fused-ring (bicyclic) bond motifs is 1. The normalized spacial score (nSPS) is 14.5. The molecule has 0 bridgehead atoms. The molecule has 13 heteroatoms. The fourth-order valence-electron chi connectivity index (χ4n) is 3.48. The molecule has 0 unspecified atom stereocenters. The van der Waals surface area contributed by atoms with Gasteiger partial charge in [-0.25, -0.2) is 9.67 Å². The highest BCUT2D eigenvalue weighted by molar-refractivity contribution is 7.86. The third kappa shape index (κ3) is 4.60. The van der Waals surface area contributed by atoms with Crippen molar-refractivity contribution >= 4 is 21.9 Å². The Kier molecular flexibility index (Phi) is 6.19. The molecular weight excluding hydrogens is 446 g/mol. The smallest absolute Gasteiger partial charge is 0.281 e. The second-order valence-corrected chi connectivity index (χ2v) is 10.3. The van der Waals surface area contributed by atoms with Crippen molar-refractivity contribution in [2.24, 2.45) is 0 Å². The van der Waals surface area contributed by atoms with E-state index in [1.807, 2.05) is 13.8 Å². The lowest BCUT2D eigenvalue weighted by atomic mass is 10.0. The number of hydrogen-bond donors (Lipinski definition) is 1. The van der Waals surface area contributed by atoms with Gasteiger partial charge in [-0.1, -0.05) is 6.07 Å². The van der Waals surface area contributed by atoms with Crippen LogP contribution in [0.2, 0.25) is 0 Å². The zero-order valence-electron chi connectivity index (χ0n) is 18.8. The summed E-state index contributed by atoms with van der Waals surface area (Å²) in [6.45, 7) is 4.47. The SMILES string of the molecule is CC(C)n1nnnc1-c1cccc(NC(=O)c2cc3c(cn2)CCN(S(=O)(=O)N(C)C)C3)n1. The molecule has 0 saturated heterocycles. The van der Waals surface area contributed by atoms with Crippen LogP contribution in [0.4, 0.5) is 5.82 Å². The molecular formula is C20H25N9O3S. The van der Waals surface area contributed by atoms with Crippen LogP contribution in [0.5, 0.6) is 0 Å². The standard InChI is InChI=1S/C20H25N9O3S/c1-13(2)29-19(24-25-26-29)16-6-5-7-18(22-16)23-20(30)17-10-15-12-28(33(31,32)27(3)4)9-8-14(15)11-21-17/h5-7,10-11,13H,8-9,12H2,1-4H3,(H,22,23,30). The van der Waals surface area contributed by atoms with Gasteiger partial charge >= 0.3 is 0 Å². The van der Waals surface area contributed by atoms with E-state index in [1.165, 1.54) is 22.7 Å². The number of hydrogen-bond acceptors (Lipinski definition) is 8. The summed E-state index contributed by atoms with van der Waals surface area (Å²) in [7, 11) is -0.549. The molecule has 0 aliphatic carbocycles. The molecule has 0 fully saturated rings. The van der Waals surface area contributed by atoms with E-state index in [0.29, 0.717) is 30.3 Å². The number of tetrazole rings is 1. The van der Waals surface area contributed by atoms with Crippen LogP contribution in [0.25, 0.3) is 11.5 Å². The van der Waals surface area contributed by atoms with Gasteiger partial charge in [0.2, 0.25) is 5.82 Å². The summed E-state index contributed by atoms with van der Waals surface area (Å²) in [6.07, 6.45) is 2.16. The highest BCUT2D eigenvalue weighted by atomic mass is 32.2. The maximum atomic E-state index is 12.9. The summed E-state index contributed by atoms with van der Waals surface area (Å²) in [5, 5.41) is 14.5. The van der Waals surface area contributed by atoms with E-state index in [0.717, 1.165) is 11.1 Å². The van der Waals surface area contributed by atoms with Gasteiger partial charge < -0.3 is 5.32 Å². The molecule has 4 heterocycles. The Morgan fingerprint density at radius 1 is 1.21 bits per heavy atom. The fourth-order valence-corrected chi connectivity index (χ4v) is 4.57. The van der Waals surface area contributed by atoms with E-state index < -0.39 is 16.1 Å². The van der Waals surface area contributed by atoms with Gasteiger partial charge in [0.15, 0.2) is 0 Å². The average Bonchev–Trinajstić information content (AvgIpc) is 3.29. The highest BCUT2D eigenvalue weighted by Crippen LogP contribution is 2.23. The summed E-state index contributed by atoms with van der Waals surface area (Å²) in [6, 6.07) is 6.85. The molecule has 1 amide bonds. The largest absolute Gasteiger partial charge is 0.305 e. The van der Waals surface area contributed by atoms with Crippen molar-refractivity contribution in [2.75, 3.05) is 26.0 Å². The lowest BCUT2D eigenvalue weighted by Gasteiger charge is -2.30. The minimum Gasteiger partial charge on any atom is -0.305 e. The number of rotatable bonds is 6. The minimum absolute atomic E-state index is 0.0469. The van der Waals surface area contributed by atoms with E-state index in [9.17, 15) is 13.2 Å². The quantitative estimate of drug-likeness (QED) is 0.564. The monoisotopic (exact) mass is 471 g/mol. The van der Waals surface area contributed by atoms with Gasteiger partial charge in [0, 0.05) is 33.4 Å². The fraction of sp³-hybridized carbons (Fsp3) is 0.400. The Labute approximate surface area is 191 Å². The molecule has 0 spiro atoms. The van der Waals surface area contributed by atoms with Crippen LogP contribution < -0.4 is 5.32 Å². The third-order valence-electron chi connectivity index (χ3n) is 5.28. The van der Waals surface area contributed by atoms with Gasteiger partial charge in [0.1, 0.15) is 17.2 Å². The predicted octanol–water partition coefficient (Wildman–Crippen LogP) is 1.13. The van der Waals surface area contributed by atoms with Gasteiger partial charge in [-0.05, 0) is 60.0 Å². The molecule has 0 aromatic carbocycles. The molecule has 3 aromatic rings. The Balaban J connectivity index is 1.54. The second kappa shape index (κ2) is 8.92. The van der Waals surface area contributed by atoms with Crippen molar-refractivity contribution in [1.29, 1.82) is 0 Å². The van der Waals surface area contributed by atoms with E-state index in [2.05, 4.69) is 30.8 Å². The number of carbonyl (C=O) groups is 1. The van der Waals surface area contributed by atoms with Crippen LogP contribution in [-0.2, 0) is 23.2 Å². The number of nitrogens with zero attached hydrogens (tertiary/aromatic N) is 8. The summed E-state index contributed by atoms with van der Waals surface area (Å²) >= 11 is 0. The van der Waals surface area contributed by atoms with Crippen LogP contribution in [0.15, 0.2) is 30.5 Å². The van der Waals surface area contributed by atoms with Crippen molar-refractivity contribution in [3.63, 3.8) is 0 Å². The molecule has 1 aliphatic heterocycles. The number of pyridine rings is 2. The van der Waals surface area contributed by atoms with Crippen molar-refractivity contribution in [1.82, 2.24) is 38.8 Å². The second-order valence-electron chi connectivity index (χ2n) is 8.11. The van der Waals surface area contributed by atoms with E-state index in [1.54, 1.807) is 35.1 Å². The molecule has 1 N–H and O–H groups in total. The summed E-state index contributed by atoms with van der Waals surface area (Å²) in [5.41, 5.74) is 2.38. The first kappa shape index (κ1) is 22.9. The molecule has 12 nitrogen and oxygen atoms in total. The molecule has 0 atom stereocenters. The topological polar surface area (TPSA) is 139 Å². The van der Waals surface area contributed by atoms with E-state index in [4.69, 9.17) is 0 Å². The van der Waals surface area contributed by atoms with Gasteiger partial charge in [-0.15, -0.1) is 5.10 Å². The molecule has 4 rings (SSSR count). The number of carbonyl (C=O) groups excluding carboxylic acids is 1. The first-order valence-corrected chi connectivity index (χ1v) is 11.8. The Hall–Kier alpha value is -3.29. The molecule has 0 radical (unpaired) electrons. The summed E-state index contributed by atoms with van der Waals surface area (Å²) in [4.78, 5) is 21.6. The van der Waals surface area contributed by atoms with Crippen LogP contribution in [0, 0.1) is 0 Å². The predicted molar refractivity (Wildman–Crippen MR) is 120 cm³/mol. The molecule has 174 valence electrons. The number of anilines is 1. The summed E-state index contributed by atoms with van der Waals surface area (Å²) < 4.78 is 29.2. The zero-order chi connectivity index (χ0) is 23.8. The lowest BCUT2D eigenvalue weighted by molar-refractivity contribution is 0.102. The van der Waals surface area contributed by atoms with Crippen LogP contribution in [0.1, 0.15) is 41.5 Å². The Morgan fingerprint density at radius 2 is 2.00 bits per heavy atom. The Bertz CT molecular complexity index is 1290. The van der Waals surface area contributed by atoms with Gasteiger partial charge in [-0.2, -0.15) is 17.0 Å². The van der Waals surface area contributed by atoms with E-state index in [-0.39, 0.29) is 18.3 Å². The van der Waals surface area contributed by atoms with E-state index >= 15 is 0 Å². The zero-order valence-corrected chi connectivity index (χ0v) is 19.6. The molecule has 1 aliphatic rings. The number of amides is 1. The third-order valence-corrected chi connectivity index (χ3v) is 7.17. The van der Waals surface area contributed by atoms with Crippen molar-refractivity contribution in [2.45, 2.75) is 32.9 Å². The van der Waals surface area contributed by atoms with Crippen molar-refractivity contribution < 1.29 is 13.2 Å². The molecule has 33 heavy (non-hydrogen) atoms. The number of nitrogens with one attached hydrogen (secondary N) is 1. The van der Waals surface area contributed by atoms with Gasteiger partial charge in [0.05, 0.1) is 6.04 Å². The minimum atomic E-state index is -3.54. The van der Waals surface area contributed by atoms with Gasteiger partial charge in [0.25, 0.3) is 16.1 Å². The maximum Gasteiger partial charge on any atom is 0.281 e. The van der Waals surface area contributed by atoms with Gasteiger partial charge in [-0.3, -0.25) is 9.78 Å². The average molecular weight is 472 g/mol. The number of aromatic nitrogens is 6. The van der Waals surface area contributed by atoms with Crippen LogP contribution in [0.3, 0.4) is 0 Å². The maximum absolute atomic E-state index is 12.9. The highest BCUT2D eigenvalue weighted by Gasteiger charge is 2.29. The van der Waals surface area contributed by atoms with Crippen molar-refractivity contribution in [3.05, 3.63) is 47.3 Å². The first-order chi connectivity index (χ1) is 15.7. The van der Waals surface area contributed by atoms with Crippen LogP contribution >= 0.6 is 0 Å².